The van der Waals surface area contributed by atoms with E-state index in [-0.39, 0.29) is 0 Å². The normalized spacial score (nSPS) is 11.1. The van der Waals surface area contributed by atoms with Gasteiger partial charge in [-0.15, -0.1) is 0 Å². The summed E-state index contributed by atoms with van der Waals surface area (Å²) in [5.41, 5.74) is 14.3. The van der Waals surface area contributed by atoms with E-state index in [4.69, 9.17) is 0 Å². The van der Waals surface area contributed by atoms with Crippen molar-refractivity contribution in [1.29, 1.82) is 0 Å². The number of benzene rings is 2. The van der Waals surface area contributed by atoms with Gasteiger partial charge in [-0.2, -0.15) is 0 Å². The molecule has 0 nitrogen and oxygen atoms in total. The average molecular weight is 514 g/mol. The molecule has 2 aromatic carbocycles. The van der Waals surface area contributed by atoms with Crippen LogP contribution in [0.5, 0.6) is 0 Å². The predicted molar refractivity (Wildman–Crippen MR) is 122 cm³/mol. The maximum absolute atomic E-state index is 2.54. The molecule has 0 spiro atoms. The molecule has 0 saturated carbocycles. The summed E-state index contributed by atoms with van der Waals surface area (Å²) >= 11 is 5.07. The third-order valence-electron chi connectivity index (χ3n) is 5.47. The topological polar surface area (TPSA) is 0 Å². The van der Waals surface area contributed by atoms with Gasteiger partial charge in [0.25, 0.3) is 0 Å². The molecule has 0 amide bonds. The van der Waals surface area contributed by atoms with Gasteiger partial charge in [0.1, 0.15) is 15.7 Å². The first-order valence-corrected chi connectivity index (χ1v) is 9.79. The van der Waals surface area contributed by atoms with Gasteiger partial charge in [0.2, 0.25) is 0 Å². The number of hydrogen-bond acceptors (Lipinski definition) is 0. The van der Waals surface area contributed by atoms with E-state index in [0.29, 0.717) is 0 Å². The fourth-order valence-corrected chi connectivity index (χ4v) is 5.58. The van der Waals surface area contributed by atoms with Crippen LogP contribution in [0.15, 0.2) is 0 Å². The minimum atomic E-state index is 1.40. The van der Waals surface area contributed by atoms with Crippen LogP contribution in [0.4, 0.5) is 0 Å². The summed E-state index contributed by atoms with van der Waals surface area (Å²) in [6, 6.07) is 0. The quantitative estimate of drug-likeness (QED) is 0.406. The van der Waals surface area contributed by atoms with E-state index in [1.54, 1.807) is 0 Å². The van der Waals surface area contributed by atoms with Crippen LogP contribution < -0.4 is 10.9 Å². The summed E-state index contributed by atoms with van der Waals surface area (Å²) in [7, 11) is 4.56. The molecule has 114 valence electrons. The van der Waals surface area contributed by atoms with Gasteiger partial charge in [0.05, 0.1) is 0 Å². The van der Waals surface area contributed by atoms with Gasteiger partial charge in [-0.3, -0.25) is 0 Å². The molecule has 0 saturated heterocycles. The van der Waals surface area contributed by atoms with Gasteiger partial charge in [0, 0.05) is 12.7 Å². The van der Waals surface area contributed by atoms with Crippen molar-refractivity contribution in [3.8, 4) is 11.1 Å². The van der Waals surface area contributed by atoms with E-state index in [1.165, 1.54) is 62.6 Å². The molecule has 2 aromatic rings. The monoisotopic (exact) mass is 514 g/mol. The standard InChI is InChI=1S/C18H22B2I2/c1-7-9(3)15(19)13(16(20)10(7)4)14-17(21)11(5)8(2)12(6)18(14)22/h19-20H2,1-6H3. The zero-order chi connectivity index (χ0) is 16.9. The van der Waals surface area contributed by atoms with Crippen molar-refractivity contribution in [2.45, 2.75) is 41.5 Å². The Hall–Kier alpha value is 0.0299. The molecule has 0 N–H and O–H groups in total. The van der Waals surface area contributed by atoms with Crippen molar-refractivity contribution in [3.63, 3.8) is 0 Å². The summed E-state index contributed by atoms with van der Waals surface area (Å²) in [4.78, 5) is 0. The van der Waals surface area contributed by atoms with Crippen LogP contribution >= 0.6 is 45.2 Å². The van der Waals surface area contributed by atoms with Gasteiger partial charge in [-0.25, -0.2) is 0 Å². The molecule has 22 heavy (non-hydrogen) atoms. The van der Waals surface area contributed by atoms with Crippen LogP contribution in [-0.2, 0) is 0 Å². The summed E-state index contributed by atoms with van der Waals surface area (Å²) in [5, 5.41) is 0. The third kappa shape index (κ3) is 2.68. The highest BCUT2D eigenvalue weighted by Gasteiger charge is 2.21. The molecule has 0 fully saturated rings. The fraction of sp³-hybridized carbons (Fsp3) is 0.333. The van der Waals surface area contributed by atoms with Crippen LogP contribution in [0.2, 0.25) is 0 Å². The van der Waals surface area contributed by atoms with E-state index >= 15 is 0 Å². The van der Waals surface area contributed by atoms with Crippen LogP contribution in [0.3, 0.4) is 0 Å². The van der Waals surface area contributed by atoms with Crippen molar-refractivity contribution < 1.29 is 0 Å². The molecule has 0 radical (unpaired) electrons. The van der Waals surface area contributed by atoms with E-state index in [2.05, 4.69) is 102 Å². The molecule has 0 atom stereocenters. The van der Waals surface area contributed by atoms with Crippen molar-refractivity contribution >= 4 is 71.8 Å². The van der Waals surface area contributed by atoms with E-state index < -0.39 is 0 Å². The Morgan fingerprint density at radius 3 is 1.18 bits per heavy atom. The van der Waals surface area contributed by atoms with E-state index in [9.17, 15) is 0 Å². The number of hydrogen-bond donors (Lipinski definition) is 0. The molecule has 0 bridgehead atoms. The molecule has 4 heteroatoms. The predicted octanol–water partition coefficient (Wildman–Crippen LogP) is 2.93. The van der Waals surface area contributed by atoms with Crippen molar-refractivity contribution in [2.24, 2.45) is 0 Å². The van der Waals surface area contributed by atoms with Gasteiger partial charge in [-0.05, 0) is 115 Å². The Kier molecular flexibility index (Phi) is 5.43. The van der Waals surface area contributed by atoms with Crippen LogP contribution in [0, 0.1) is 48.7 Å². The second kappa shape index (κ2) is 6.50. The average Bonchev–Trinajstić information content (AvgIpc) is 2.50. The second-order valence-electron chi connectivity index (χ2n) is 6.38. The summed E-state index contributed by atoms with van der Waals surface area (Å²) in [6.07, 6.45) is 0. The van der Waals surface area contributed by atoms with Gasteiger partial charge >= 0.3 is 0 Å². The van der Waals surface area contributed by atoms with Crippen molar-refractivity contribution in [1.82, 2.24) is 0 Å². The minimum Gasteiger partial charge on any atom is -0.0786 e. The zero-order valence-corrected chi connectivity index (χ0v) is 19.1. The highest BCUT2D eigenvalue weighted by atomic mass is 127. The zero-order valence-electron chi connectivity index (χ0n) is 14.8. The smallest absolute Gasteiger partial charge is 0.0786 e. The molecule has 0 aromatic heterocycles. The Balaban J connectivity index is 3.03. The first-order valence-electron chi connectivity index (χ1n) is 7.63. The Bertz CT molecular complexity index is 667. The molecule has 0 heterocycles. The molecule has 0 aliphatic rings. The number of rotatable bonds is 1. The highest BCUT2D eigenvalue weighted by molar-refractivity contribution is 14.1. The maximum atomic E-state index is 2.54. The van der Waals surface area contributed by atoms with Crippen LogP contribution in [0.1, 0.15) is 33.4 Å². The summed E-state index contributed by atoms with van der Waals surface area (Å²) in [6.45, 7) is 13.5. The van der Waals surface area contributed by atoms with Crippen molar-refractivity contribution in [2.75, 3.05) is 0 Å². The van der Waals surface area contributed by atoms with Gasteiger partial charge in [-0.1, -0.05) is 22.1 Å². The first kappa shape index (κ1) is 18.4. The lowest BCUT2D eigenvalue weighted by Gasteiger charge is -2.24. The SMILES string of the molecule is Bc1c(C)c(C)c(C)c(B)c1-c1c(I)c(C)c(C)c(C)c1I. The van der Waals surface area contributed by atoms with Crippen molar-refractivity contribution in [3.05, 3.63) is 40.5 Å². The molecule has 0 aliphatic carbocycles. The molecule has 2 rings (SSSR count). The minimum absolute atomic E-state index is 1.40. The summed E-state index contributed by atoms with van der Waals surface area (Å²) in [5.74, 6) is 0. The first-order chi connectivity index (χ1) is 10.1. The molecular weight excluding hydrogens is 492 g/mol. The lowest BCUT2D eigenvalue weighted by molar-refractivity contribution is 1.23. The molecular formula is C18H22B2I2. The second-order valence-corrected chi connectivity index (χ2v) is 8.54. The van der Waals surface area contributed by atoms with E-state index in [1.807, 2.05) is 0 Å². The van der Waals surface area contributed by atoms with Crippen LogP contribution in [-0.4, -0.2) is 15.7 Å². The largest absolute Gasteiger partial charge is 0.140 e. The van der Waals surface area contributed by atoms with Gasteiger partial charge in [0.15, 0.2) is 0 Å². The highest BCUT2D eigenvalue weighted by Crippen LogP contribution is 2.36. The Labute approximate surface area is 164 Å². The van der Waals surface area contributed by atoms with Gasteiger partial charge < -0.3 is 0 Å². The van der Waals surface area contributed by atoms with Crippen LogP contribution in [0.25, 0.3) is 11.1 Å². The maximum Gasteiger partial charge on any atom is 0.140 e. The lowest BCUT2D eigenvalue weighted by Crippen LogP contribution is -2.27. The van der Waals surface area contributed by atoms with E-state index in [0.717, 1.165) is 0 Å². The third-order valence-corrected chi connectivity index (χ3v) is 8.17. The number of halogens is 2. The molecule has 0 unspecified atom stereocenters. The lowest BCUT2D eigenvalue weighted by atomic mass is 9.71. The Morgan fingerprint density at radius 1 is 0.500 bits per heavy atom. The molecule has 0 aliphatic heterocycles. The fourth-order valence-electron chi connectivity index (χ4n) is 3.18. The summed E-state index contributed by atoms with van der Waals surface area (Å²) < 4.78 is 2.80. The Morgan fingerprint density at radius 2 is 0.818 bits per heavy atom.